The lowest BCUT2D eigenvalue weighted by Gasteiger charge is -2.45. The molecule has 13 heteroatoms. The van der Waals surface area contributed by atoms with Gasteiger partial charge in [0.05, 0.1) is 34.7 Å². The number of carbonyl (C=O) groups excluding carboxylic acids is 1. The van der Waals surface area contributed by atoms with Gasteiger partial charge in [-0.05, 0) is 43.0 Å². The van der Waals surface area contributed by atoms with Crippen molar-refractivity contribution in [1.29, 1.82) is 0 Å². The number of ether oxygens (including phenoxy) is 1. The molecule has 216 valence electrons. The fraction of sp³-hybridized carbons (Fsp3) is 0.321. The number of hydrogen-bond acceptors (Lipinski definition) is 7. The first kappa shape index (κ1) is 29.1. The quantitative estimate of drug-likeness (QED) is 0.111. The molecule has 7 nitrogen and oxygen atoms in total. The summed E-state index contributed by atoms with van der Waals surface area (Å²) < 4.78 is 62.9. The van der Waals surface area contributed by atoms with Gasteiger partial charge in [-0.2, -0.15) is 13.9 Å². The highest BCUT2D eigenvalue weighted by Crippen LogP contribution is 2.37. The van der Waals surface area contributed by atoms with Crippen LogP contribution in [0.25, 0.3) is 22.3 Å². The van der Waals surface area contributed by atoms with Crippen LogP contribution in [0.15, 0.2) is 53.0 Å². The smallest absolute Gasteiger partial charge is 0.333 e. The van der Waals surface area contributed by atoms with Gasteiger partial charge in [0.25, 0.3) is 0 Å². The van der Waals surface area contributed by atoms with Crippen LogP contribution in [0.4, 0.5) is 28.4 Å². The van der Waals surface area contributed by atoms with Crippen LogP contribution in [-0.4, -0.2) is 60.8 Å². The van der Waals surface area contributed by atoms with Crippen LogP contribution in [0, 0.1) is 24.0 Å². The summed E-state index contributed by atoms with van der Waals surface area (Å²) in [5, 5.41) is 4.41. The highest BCUT2D eigenvalue weighted by atomic mass is 32.2. The predicted octanol–water partition coefficient (Wildman–Crippen LogP) is 6.49. The Hall–Kier alpha value is -3.42. The Labute approximate surface area is 242 Å². The lowest BCUT2D eigenvalue weighted by Crippen LogP contribution is -2.56. The van der Waals surface area contributed by atoms with Gasteiger partial charge in [-0.25, -0.2) is 18.4 Å². The summed E-state index contributed by atoms with van der Waals surface area (Å²) in [5.74, 6) is -1.49. The number of amides is 1. The molecule has 5 rings (SSSR count). The van der Waals surface area contributed by atoms with Crippen LogP contribution in [0.5, 0.6) is 0 Å². The van der Waals surface area contributed by atoms with Gasteiger partial charge >= 0.3 is 6.55 Å². The van der Waals surface area contributed by atoms with Gasteiger partial charge in [0, 0.05) is 48.7 Å². The zero-order chi connectivity index (χ0) is 29.3. The van der Waals surface area contributed by atoms with Crippen molar-refractivity contribution in [1.82, 2.24) is 14.8 Å². The van der Waals surface area contributed by atoms with Crippen molar-refractivity contribution >= 4 is 40.3 Å². The van der Waals surface area contributed by atoms with Crippen molar-refractivity contribution in [2.75, 3.05) is 49.4 Å². The number of hydrogen-bond donors (Lipinski definition) is 0. The van der Waals surface area contributed by atoms with Crippen molar-refractivity contribution in [2.45, 2.75) is 17.7 Å². The monoisotopic (exact) mass is 605 g/mol. The molecule has 0 atom stereocenters. The minimum atomic E-state index is -2.90. The molecule has 2 aromatic heterocycles. The number of anilines is 2. The molecular weight excluding hydrogens is 578 g/mol. The molecule has 0 N–H and O–H groups in total. The van der Waals surface area contributed by atoms with E-state index in [0.717, 1.165) is 46.0 Å². The Morgan fingerprint density at radius 1 is 1.15 bits per heavy atom. The summed E-state index contributed by atoms with van der Waals surface area (Å²) in [6.45, 7) is 1.08. The van der Waals surface area contributed by atoms with E-state index >= 15 is 4.39 Å². The fourth-order valence-electron chi connectivity index (χ4n) is 4.89. The minimum Gasteiger partial charge on any atom is -0.380 e. The molecule has 0 bridgehead atoms. The molecule has 0 radical (unpaired) electrons. The predicted molar refractivity (Wildman–Crippen MR) is 153 cm³/mol. The maximum absolute atomic E-state index is 15.5. The average molecular weight is 606 g/mol. The van der Waals surface area contributed by atoms with Gasteiger partial charge in [-0.1, -0.05) is 23.5 Å². The number of halogens is 4. The molecule has 3 heterocycles. The van der Waals surface area contributed by atoms with Crippen LogP contribution >= 0.6 is 23.1 Å². The number of nitrogens with zero attached hydrogens (tertiary/aromatic N) is 5. The average Bonchev–Trinajstić information content (AvgIpc) is 3.58. The Morgan fingerprint density at radius 2 is 1.83 bits per heavy atom. The van der Waals surface area contributed by atoms with E-state index in [1.54, 1.807) is 52.3 Å². The molecule has 2 aromatic carbocycles. The van der Waals surface area contributed by atoms with Crippen molar-refractivity contribution in [3.05, 3.63) is 66.1 Å². The summed E-state index contributed by atoms with van der Waals surface area (Å²) in [6, 6.07) is 8.49. The number of thiazole rings is 1. The molecule has 0 saturated carbocycles. The van der Waals surface area contributed by atoms with E-state index in [9.17, 15) is 18.0 Å². The number of carbonyl (C=O) groups is 1. The Kier molecular flexibility index (Phi) is 8.39. The molecule has 0 spiro atoms. The van der Waals surface area contributed by atoms with Gasteiger partial charge in [0.15, 0.2) is 5.13 Å². The van der Waals surface area contributed by atoms with Crippen LogP contribution in [0.3, 0.4) is 0 Å². The van der Waals surface area contributed by atoms with Gasteiger partial charge in [0.1, 0.15) is 11.6 Å². The lowest BCUT2D eigenvalue weighted by atomic mass is 9.84. The number of benzene rings is 2. The summed E-state index contributed by atoms with van der Waals surface area (Å²) >= 11 is 3.29. The Morgan fingerprint density at radius 3 is 2.37 bits per heavy atom. The molecule has 1 saturated heterocycles. The maximum Gasteiger partial charge on any atom is 0.333 e. The molecule has 41 heavy (non-hydrogen) atoms. The van der Waals surface area contributed by atoms with Gasteiger partial charge in [-0.3, -0.25) is 4.79 Å². The van der Waals surface area contributed by atoms with E-state index in [1.807, 2.05) is 20.2 Å². The largest absolute Gasteiger partial charge is 0.380 e. The minimum absolute atomic E-state index is 0.0304. The molecule has 1 aliphatic heterocycles. The number of rotatable bonds is 11. The van der Waals surface area contributed by atoms with E-state index in [0.29, 0.717) is 42.2 Å². The van der Waals surface area contributed by atoms with E-state index in [-0.39, 0.29) is 22.1 Å². The van der Waals surface area contributed by atoms with Crippen LogP contribution in [0.2, 0.25) is 0 Å². The van der Waals surface area contributed by atoms with Crippen LogP contribution < -0.4 is 9.80 Å². The van der Waals surface area contributed by atoms with E-state index < -0.39 is 18.2 Å². The first-order chi connectivity index (χ1) is 19.6. The molecule has 1 aliphatic rings. The summed E-state index contributed by atoms with van der Waals surface area (Å²) in [4.78, 5) is 20.5. The third kappa shape index (κ3) is 5.97. The third-order valence-corrected chi connectivity index (χ3v) is 9.42. The molecule has 1 amide bonds. The summed E-state index contributed by atoms with van der Waals surface area (Å²) in [6.07, 6.45) is 4.79. The second-order valence-electron chi connectivity index (χ2n) is 10.0. The van der Waals surface area contributed by atoms with E-state index in [1.165, 1.54) is 0 Å². The van der Waals surface area contributed by atoms with Crippen molar-refractivity contribution in [3.63, 3.8) is 0 Å². The molecular formula is C28H27F4N5O2S2. The first-order valence-electron chi connectivity index (χ1n) is 12.6. The standard InChI is InChI=1S/C28H27F4N5O2S2/c1-17-25(40-3)41-27(34-17)35(2)12-28(14-39-15-28)13-36(16-38)21-6-4-18(5-7-21)22-8-20(29)9-23(24(22)30)19-10-33-37(11-19)26(31)32/h4-11,16,26H,12-15H2,1-3H3. The zero-order valence-corrected chi connectivity index (χ0v) is 24.1. The van der Waals surface area contributed by atoms with Crippen molar-refractivity contribution in [2.24, 2.45) is 5.41 Å². The van der Waals surface area contributed by atoms with Crippen molar-refractivity contribution < 1.29 is 27.1 Å². The number of aromatic nitrogens is 3. The summed E-state index contributed by atoms with van der Waals surface area (Å²) in [5.41, 5.74) is 1.45. The van der Waals surface area contributed by atoms with Crippen LogP contribution in [0.1, 0.15) is 12.2 Å². The summed E-state index contributed by atoms with van der Waals surface area (Å²) in [7, 11) is 1.97. The fourth-order valence-corrected chi connectivity index (χ4v) is 6.55. The molecule has 1 fully saturated rings. The third-order valence-electron chi connectivity index (χ3n) is 6.94. The number of alkyl halides is 2. The lowest BCUT2D eigenvalue weighted by molar-refractivity contribution is -0.114. The number of aryl methyl sites for hydroxylation is 1. The van der Waals surface area contributed by atoms with Gasteiger partial charge in [-0.15, -0.1) is 11.8 Å². The normalized spacial score (nSPS) is 14.2. The highest BCUT2D eigenvalue weighted by molar-refractivity contribution is 8.00. The van der Waals surface area contributed by atoms with E-state index in [2.05, 4.69) is 15.0 Å². The van der Waals surface area contributed by atoms with E-state index in [4.69, 9.17) is 4.74 Å². The molecule has 0 aliphatic carbocycles. The first-order valence-corrected chi connectivity index (χ1v) is 14.6. The number of thioether (sulfide) groups is 1. The SMILES string of the molecule is CSc1sc(N(C)CC2(CN(C=O)c3ccc(-c4cc(F)cc(-c5cnn(C(F)F)c5)c4F)cc3)COC2)nc1C. The Balaban J connectivity index is 1.35. The van der Waals surface area contributed by atoms with Crippen LogP contribution in [-0.2, 0) is 9.53 Å². The van der Waals surface area contributed by atoms with Gasteiger partial charge in [0.2, 0.25) is 6.41 Å². The topological polar surface area (TPSA) is 63.5 Å². The second kappa shape index (κ2) is 11.8. The Bertz CT molecular complexity index is 1540. The molecule has 4 aromatic rings. The van der Waals surface area contributed by atoms with Crippen molar-refractivity contribution in [3.8, 4) is 22.3 Å². The van der Waals surface area contributed by atoms with Gasteiger partial charge < -0.3 is 14.5 Å². The maximum atomic E-state index is 15.5. The second-order valence-corrected chi connectivity index (χ2v) is 12.1. The molecule has 0 unspecified atom stereocenters. The zero-order valence-electron chi connectivity index (χ0n) is 22.5. The highest BCUT2D eigenvalue weighted by Gasteiger charge is 2.42.